The maximum atomic E-state index is 12.6. The van der Waals surface area contributed by atoms with Gasteiger partial charge in [0.1, 0.15) is 0 Å². The van der Waals surface area contributed by atoms with Gasteiger partial charge in [0, 0.05) is 17.4 Å². The van der Waals surface area contributed by atoms with Crippen LogP contribution >= 0.6 is 15.9 Å². The fourth-order valence-corrected chi connectivity index (χ4v) is 1.87. The molecule has 0 aliphatic carbocycles. The Morgan fingerprint density at radius 1 is 1.26 bits per heavy atom. The van der Waals surface area contributed by atoms with Crippen LogP contribution in [-0.4, -0.2) is 16.7 Å². The first kappa shape index (κ1) is 14.0. The fourth-order valence-electron chi connectivity index (χ4n) is 1.45. The Morgan fingerprint density at radius 2 is 2.00 bits per heavy atom. The average Bonchev–Trinajstić information content (AvgIpc) is 2.77. The van der Waals surface area contributed by atoms with Crippen LogP contribution in [0.2, 0.25) is 0 Å². The Labute approximate surface area is 114 Å². The first-order chi connectivity index (χ1) is 8.91. The van der Waals surface area contributed by atoms with Crippen LogP contribution in [0.3, 0.4) is 0 Å². The van der Waals surface area contributed by atoms with E-state index in [1.54, 1.807) is 0 Å². The highest BCUT2D eigenvalue weighted by Gasteiger charge is 2.31. The van der Waals surface area contributed by atoms with Crippen LogP contribution in [0.4, 0.5) is 13.2 Å². The summed E-state index contributed by atoms with van der Waals surface area (Å²) in [6.45, 7) is 0.325. The molecule has 4 nitrogen and oxygen atoms in total. The van der Waals surface area contributed by atoms with Crippen LogP contribution in [0.5, 0.6) is 0 Å². The lowest BCUT2D eigenvalue weighted by Crippen LogP contribution is -2.04. The molecule has 2 rings (SSSR count). The molecular formula is C11H9BrF3N3O. The van der Waals surface area contributed by atoms with Crippen molar-refractivity contribution >= 4 is 15.9 Å². The van der Waals surface area contributed by atoms with Gasteiger partial charge in [0.2, 0.25) is 11.8 Å². The molecule has 0 aliphatic heterocycles. The third kappa shape index (κ3) is 3.13. The maximum Gasteiger partial charge on any atom is 0.416 e. The zero-order valence-corrected chi connectivity index (χ0v) is 11.1. The molecule has 0 saturated carbocycles. The second-order valence-electron chi connectivity index (χ2n) is 3.73. The number of benzene rings is 1. The summed E-state index contributed by atoms with van der Waals surface area (Å²) in [5.74, 6) is 0.322. The van der Waals surface area contributed by atoms with Crippen molar-refractivity contribution < 1.29 is 17.6 Å². The van der Waals surface area contributed by atoms with Gasteiger partial charge in [-0.25, -0.2) is 0 Å². The number of hydrogen-bond acceptors (Lipinski definition) is 4. The molecule has 0 spiro atoms. The van der Waals surface area contributed by atoms with E-state index in [0.717, 1.165) is 12.1 Å². The van der Waals surface area contributed by atoms with Crippen LogP contribution in [0.25, 0.3) is 11.5 Å². The third-order valence-corrected chi connectivity index (χ3v) is 3.04. The van der Waals surface area contributed by atoms with Gasteiger partial charge in [-0.15, -0.1) is 10.2 Å². The van der Waals surface area contributed by atoms with Gasteiger partial charge >= 0.3 is 6.18 Å². The summed E-state index contributed by atoms with van der Waals surface area (Å²) in [7, 11) is 0. The van der Waals surface area contributed by atoms with Crippen LogP contribution in [-0.2, 0) is 12.6 Å². The van der Waals surface area contributed by atoms with Crippen molar-refractivity contribution in [3.05, 3.63) is 34.1 Å². The highest BCUT2D eigenvalue weighted by atomic mass is 79.9. The molecule has 0 amide bonds. The number of nitrogens with two attached hydrogens (primary N) is 1. The molecule has 1 heterocycles. The predicted octanol–water partition coefficient (Wildman–Crippen LogP) is 3.02. The van der Waals surface area contributed by atoms with E-state index < -0.39 is 11.7 Å². The van der Waals surface area contributed by atoms with Gasteiger partial charge in [-0.1, -0.05) is 0 Å². The molecule has 0 aliphatic rings. The molecule has 1 aromatic carbocycles. The third-order valence-electron chi connectivity index (χ3n) is 2.35. The number of nitrogens with zero attached hydrogens (tertiary/aromatic N) is 2. The molecule has 0 radical (unpaired) electrons. The summed E-state index contributed by atoms with van der Waals surface area (Å²) in [5.41, 5.74) is 4.76. The molecule has 8 heteroatoms. The molecule has 102 valence electrons. The Hall–Kier alpha value is -1.41. The van der Waals surface area contributed by atoms with Crippen molar-refractivity contribution in [2.45, 2.75) is 12.6 Å². The number of hydrogen-bond donors (Lipinski definition) is 1. The summed E-state index contributed by atoms with van der Waals surface area (Å²) in [5, 5.41) is 7.44. The summed E-state index contributed by atoms with van der Waals surface area (Å²) in [6, 6.07) is 3.24. The SMILES string of the molecule is NCCc1nnc(-c2cc(C(F)(F)F)ccc2Br)o1. The van der Waals surface area contributed by atoms with E-state index in [2.05, 4.69) is 26.1 Å². The molecular weight excluding hydrogens is 327 g/mol. The van der Waals surface area contributed by atoms with Crippen molar-refractivity contribution in [2.24, 2.45) is 5.73 Å². The number of halogens is 4. The number of aromatic nitrogens is 2. The summed E-state index contributed by atoms with van der Waals surface area (Å²) < 4.78 is 43.6. The van der Waals surface area contributed by atoms with Crippen molar-refractivity contribution in [3.63, 3.8) is 0 Å². The van der Waals surface area contributed by atoms with Gasteiger partial charge in [0.05, 0.1) is 11.1 Å². The summed E-state index contributed by atoms with van der Waals surface area (Å²) in [6.07, 6.45) is -4.04. The Morgan fingerprint density at radius 3 is 2.63 bits per heavy atom. The van der Waals surface area contributed by atoms with Crippen molar-refractivity contribution in [1.29, 1.82) is 0 Å². The largest absolute Gasteiger partial charge is 0.421 e. The lowest BCUT2D eigenvalue weighted by molar-refractivity contribution is -0.137. The minimum Gasteiger partial charge on any atom is -0.421 e. The van der Waals surface area contributed by atoms with Gasteiger partial charge in [-0.2, -0.15) is 13.2 Å². The fraction of sp³-hybridized carbons (Fsp3) is 0.273. The van der Waals surface area contributed by atoms with Gasteiger partial charge in [-0.05, 0) is 34.1 Å². The summed E-state index contributed by atoms with van der Waals surface area (Å²) >= 11 is 3.16. The molecule has 0 unspecified atom stereocenters. The van der Waals surface area contributed by atoms with Crippen molar-refractivity contribution in [2.75, 3.05) is 6.54 Å². The monoisotopic (exact) mass is 335 g/mol. The Kier molecular flexibility index (Phi) is 3.91. The standard InChI is InChI=1S/C11H9BrF3N3O/c12-8-2-1-6(11(13,14)15)5-7(8)10-18-17-9(19-10)3-4-16/h1-2,5H,3-4,16H2. The van der Waals surface area contributed by atoms with E-state index in [4.69, 9.17) is 10.2 Å². The first-order valence-corrected chi connectivity index (χ1v) is 6.10. The number of alkyl halides is 3. The molecule has 0 saturated heterocycles. The zero-order valence-electron chi connectivity index (χ0n) is 9.54. The highest BCUT2D eigenvalue weighted by Crippen LogP contribution is 2.35. The van der Waals surface area contributed by atoms with E-state index in [0.29, 0.717) is 23.3 Å². The highest BCUT2D eigenvalue weighted by molar-refractivity contribution is 9.10. The van der Waals surface area contributed by atoms with E-state index in [9.17, 15) is 13.2 Å². The minimum absolute atomic E-state index is 0.0291. The average molecular weight is 336 g/mol. The quantitative estimate of drug-likeness (QED) is 0.936. The van der Waals surface area contributed by atoms with Gasteiger partial charge in [-0.3, -0.25) is 0 Å². The van der Waals surface area contributed by atoms with E-state index in [1.165, 1.54) is 6.07 Å². The van der Waals surface area contributed by atoms with Crippen LogP contribution in [0.15, 0.2) is 27.1 Å². The molecule has 0 fully saturated rings. The molecule has 1 aromatic heterocycles. The second kappa shape index (κ2) is 5.30. The van der Waals surface area contributed by atoms with E-state index in [-0.39, 0.29) is 11.5 Å². The van der Waals surface area contributed by atoms with E-state index in [1.807, 2.05) is 0 Å². The minimum atomic E-state index is -4.42. The van der Waals surface area contributed by atoms with Crippen LogP contribution in [0, 0.1) is 0 Å². The second-order valence-corrected chi connectivity index (χ2v) is 4.59. The summed E-state index contributed by atoms with van der Waals surface area (Å²) in [4.78, 5) is 0. The topological polar surface area (TPSA) is 64.9 Å². The Balaban J connectivity index is 2.42. The maximum absolute atomic E-state index is 12.6. The number of rotatable bonds is 3. The Bertz CT molecular complexity index is 583. The molecule has 0 atom stereocenters. The van der Waals surface area contributed by atoms with Gasteiger partial charge < -0.3 is 10.2 Å². The van der Waals surface area contributed by atoms with E-state index >= 15 is 0 Å². The van der Waals surface area contributed by atoms with Gasteiger partial charge in [0.15, 0.2) is 0 Å². The first-order valence-electron chi connectivity index (χ1n) is 5.31. The van der Waals surface area contributed by atoms with Gasteiger partial charge in [0.25, 0.3) is 0 Å². The lowest BCUT2D eigenvalue weighted by Gasteiger charge is -2.08. The smallest absolute Gasteiger partial charge is 0.416 e. The lowest BCUT2D eigenvalue weighted by atomic mass is 10.1. The molecule has 2 N–H and O–H groups in total. The molecule has 2 aromatic rings. The normalized spacial score (nSPS) is 11.8. The van der Waals surface area contributed by atoms with Crippen molar-refractivity contribution in [1.82, 2.24) is 10.2 Å². The molecule has 0 bridgehead atoms. The molecule has 19 heavy (non-hydrogen) atoms. The van der Waals surface area contributed by atoms with Crippen LogP contribution in [0.1, 0.15) is 11.5 Å². The van der Waals surface area contributed by atoms with Crippen molar-refractivity contribution in [3.8, 4) is 11.5 Å². The predicted molar refractivity (Wildman–Crippen MR) is 65.2 cm³/mol. The van der Waals surface area contributed by atoms with Crippen LogP contribution < -0.4 is 5.73 Å². The zero-order chi connectivity index (χ0) is 14.0.